The highest BCUT2D eigenvalue weighted by Gasteiger charge is 2.24. The fourth-order valence-corrected chi connectivity index (χ4v) is 3.05. The topological polar surface area (TPSA) is 70.9 Å². The Balaban J connectivity index is 1.90. The van der Waals surface area contributed by atoms with E-state index in [1.54, 1.807) is 37.5 Å². The lowest BCUT2D eigenvalue weighted by atomic mass is 10.2. The van der Waals surface area contributed by atoms with Gasteiger partial charge in [0.25, 0.3) is 5.91 Å². The molecule has 0 aliphatic carbocycles. The molecule has 2 N–H and O–H groups in total. The summed E-state index contributed by atoms with van der Waals surface area (Å²) in [5, 5.41) is 13.0. The highest BCUT2D eigenvalue weighted by Crippen LogP contribution is 2.33. The highest BCUT2D eigenvalue weighted by molar-refractivity contribution is 8.18. The fourth-order valence-electron chi connectivity index (χ4n) is 2.23. The van der Waals surface area contributed by atoms with Crippen molar-refractivity contribution in [3.8, 4) is 11.5 Å². The monoisotopic (exact) mass is 340 g/mol. The van der Waals surface area contributed by atoms with Gasteiger partial charge in [0.05, 0.1) is 12.0 Å². The fraction of sp³-hybridized carbons (Fsp3) is 0.111. The minimum Gasteiger partial charge on any atom is -0.507 e. The number of carbonyl (C=O) groups excluding carboxylic acids is 1. The number of thioether (sulfide) groups is 1. The van der Waals surface area contributed by atoms with E-state index >= 15 is 0 Å². The molecule has 1 heterocycles. The van der Waals surface area contributed by atoms with Gasteiger partial charge in [-0.3, -0.25) is 4.79 Å². The van der Waals surface area contributed by atoms with E-state index in [0.29, 0.717) is 27.1 Å². The van der Waals surface area contributed by atoms with E-state index in [-0.39, 0.29) is 11.7 Å². The van der Waals surface area contributed by atoms with Crippen LogP contribution in [-0.2, 0) is 4.79 Å². The molecular weight excluding hydrogens is 324 g/mol. The maximum atomic E-state index is 12.1. The highest BCUT2D eigenvalue weighted by atomic mass is 32.2. The zero-order valence-corrected chi connectivity index (χ0v) is 14.1. The van der Waals surface area contributed by atoms with Gasteiger partial charge >= 0.3 is 0 Å². The Morgan fingerprint density at radius 3 is 2.79 bits per heavy atom. The van der Waals surface area contributed by atoms with Crippen molar-refractivity contribution in [1.82, 2.24) is 5.32 Å². The number of hydrogen-bond acceptors (Lipinski definition) is 5. The summed E-state index contributed by atoms with van der Waals surface area (Å²) in [5.74, 6) is 0.527. The van der Waals surface area contributed by atoms with Crippen LogP contribution in [0.5, 0.6) is 11.5 Å². The third-order valence-corrected chi connectivity index (χ3v) is 4.34. The minimum atomic E-state index is -0.242. The molecule has 0 bridgehead atoms. The molecule has 0 unspecified atom stereocenters. The maximum Gasteiger partial charge on any atom is 0.264 e. The van der Waals surface area contributed by atoms with Crippen LogP contribution in [0.15, 0.2) is 52.4 Å². The van der Waals surface area contributed by atoms with Gasteiger partial charge < -0.3 is 15.2 Å². The second kappa shape index (κ2) is 6.80. The summed E-state index contributed by atoms with van der Waals surface area (Å²) in [6.07, 6.45) is 1.64. The van der Waals surface area contributed by atoms with E-state index < -0.39 is 0 Å². The van der Waals surface area contributed by atoms with Crippen LogP contribution in [0.3, 0.4) is 0 Å². The molecule has 24 heavy (non-hydrogen) atoms. The maximum absolute atomic E-state index is 12.1. The predicted octanol–water partition coefficient (Wildman–Crippen LogP) is 3.60. The van der Waals surface area contributed by atoms with Crippen molar-refractivity contribution in [3.05, 3.63) is 58.5 Å². The average molecular weight is 340 g/mol. The number of aliphatic imine (C=N–C) groups is 1. The molecule has 6 heteroatoms. The van der Waals surface area contributed by atoms with E-state index in [0.717, 1.165) is 5.56 Å². The van der Waals surface area contributed by atoms with Crippen LogP contribution < -0.4 is 10.1 Å². The Kier molecular flexibility index (Phi) is 4.57. The third-order valence-electron chi connectivity index (χ3n) is 3.43. The Morgan fingerprint density at radius 2 is 2.04 bits per heavy atom. The number of ether oxygens (including phenoxy) is 1. The van der Waals surface area contributed by atoms with Crippen molar-refractivity contribution < 1.29 is 14.6 Å². The number of para-hydroxylation sites is 1. The van der Waals surface area contributed by atoms with Crippen LogP contribution in [0.4, 0.5) is 5.69 Å². The number of aryl methyl sites for hydroxylation is 1. The quantitative estimate of drug-likeness (QED) is 0.838. The molecule has 0 spiro atoms. The summed E-state index contributed by atoms with van der Waals surface area (Å²) in [5.41, 5.74) is 2.29. The number of amides is 1. The number of nitrogens with one attached hydrogen (secondary N) is 1. The van der Waals surface area contributed by atoms with Crippen LogP contribution in [0.1, 0.15) is 11.1 Å². The lowest BCUT2D eigenvalue weighted by Crippen LogP contribution is -2.19. The van der Waals surface area contributed by atoms with E-state index in [2.05, 4.69) is 10.3 Å². The number of phenolic OH excluding ortho intramolecular Hbond substituents is 1. The molecule has 1 fully saturated rings. The van der Waals surface area contributed by atoms with E-state index in [1.807, 2.05) is 25.1 Å². The van der Waals surface area contributed by atoms with E-state index in [9.17, 15) is 9.90 Å². The Hall–Kier alpha value is -2.73. The number of methoxy groups -OCH3 is 1. The van der Waals surface area contributed by atoms with Gasteiger partial charge in [0.15, 0.2) is 5.17 Å². The molecule has 122 valence electrons. The smallest absolute Gasteiger partial charge is 0.264 e. The Bertz CT molecular complexity index is 859. The largest absolute Gasteiger partial charge is 0.507 e. The lowest BCUT2D eigenvalue weighted by molar-refractivity contribution is -0.115. The van der Waals surface area contributed by atoms with Crippen LogP contribution >= 0.6 is 11.8 Å². The van der Waals surface area contributed by atoms with Gasteiger partial charge in [-0.15, -0.1) is 0 Å². The molecule has 1 saturated heterocycles. The summed E-state index contributed by atoms with van der Waals surface area (Å²) < 4.78 is 5.30. The summed E-state index contributed by atoms with van der Waals surface area (Å²) in [7, 11) is 1.58. The van der Waals surface area contributed by atoms with Gasteiger partial charge in [-0.05, 0) is 48.5 Å². The van der Waals surface area contributed by atoms with Crippen molar-refractivity contribution in [2.75, 3.05) is 7.11 Å². The molecule has 1 aliphatic heterocycles. The van der Waals surface area contributed by atoms with Crippen LogP contribution in [0.25, 0.3) is 6.08 Å². The Morgan fingerprint density at radius 1 is 1.25 bits per heavy atom. The molecular formula is C18H16N2O3S. The summed E-state index contributed by atoms with van der Waals surface area (Å²) in [6.45, 7) is 1.97. The first-order valence-electron chi connectivity index (χ1n) is 7.29. The number of phenols is 1. The van der Waals surface area contributed by atoms with Crippen molar-refractivity contribution >= 4 is 34.6 Å². The number of nitrogens with zero attached hydrogens (tertiary/aromatic N) is 1. The molecule has 5 nitrogen and oxygen atoms in total. The first-order chi connectivity index (χ1) is 11.6. The SMILES string of the molecule is COc1ccc(C)cc1N=C1NC(=O)/C(=C/c2ccccc2O)S1. The molecule has 2 aromatic rings. The molecule has 1 aliphatic rings. The number of rotatable bonds is 3. The Labute approximate surface area is 144 Å². The molecule has 3 rings (SSSR count). The van der Waals surface area contributed by atoms with Gasteiger partial charge in [0.2, 0.25) is 0 Å². The van der Waals surface area contributed by atoms with E-state index in [1.165, 1.54) is 11.8 Å². The van der Waals surface area contributed by atoms with Gasteiger partial charge in [0.1, 0.15) is 17.2 Å². The van der Waals surface area contributed by atoms with Gasteiger partial charge in [0, 0.05) is 5.56 Å². The average Bonchev–Trinajstić information content (AvgIpc) is 2.89. The zero-order chi connectivity index (χ0) is 17.1. The molecule has 1 amide bonds. The molecule has 0 aromatic heterocycles. The second-order valence-corrected chi connectivity index (χ2v) is 6.25. The molecule has 0 saturated carbocycles. The zero-order valence-electron chi connectivity index (χ0n) is 13.2. The molecule has 2 aromatic carbocycles. The van der Waals surface area contributed by atoms with Gasteiger partial charge in [-0.1, -0.05) is 24.3 Å². The molecule has 0 radical (unpaired) electrons. The number of carbonyl (C=O) groups is 1. The summed E-state index contributed by atoms with van der Waals surface area (Å²) in [6, 6.07) is 12.5. The standard InChI is InChI=1S/C18H16N2O3S/c1-11-7-8-15(23-2)13(9-11)19-18-20-17(22)16(24-18)10-12-5-3-4-6-14(12)21/h3-10,21H,1-2H3,(H,19,20,22)/b16-10-. The number of benzene rings is 2. The first-order valence-corrected chi connectivity index (χ1v) is 8.10. The minimum absolute atomic E-state index is 0.129. The normalized spacial score (nSPS) is 17.3. The van der Waals surface area contributed by atoms with Gasteiger partial charge in [-0.25, -0.2) is 4.99 Å². The lowest BCUT2D eigenvalue weighted by Gasteiger charge is -2.05. The number of hydrogen-bond donors (Lipinski definition) is 2. The molecule has 0 atom stereocenters. The van der Waals surface area contributed by atoms with Crippen LogP contribution in [0, 0.1) is 6.92 Å². The third kappa shape index (κ3) is 3.44. The van der Waals surface area contributed by atoms with Crippen molar-refractivity contribution in [2.24, 2.45) is 4.99 Å². The summed E-state index contributed by atoms with van der Waals surface area (Å²) in [4.78, 5) is 17.1. The summed E-state index contributed by atoms with van der Waals surface area (Å²) >= 11 is 1.23. The van der Waals surface area contributed by atoms with Crippen LogP contribution in [-0.4, -0.2) is 23.3 Å². The van der Waals surface area contributed by atoms with Crippen molar-refractivity contribution in [3.63, 3.8) is 0 Å². The van der Waals surface area contributed by atoms with Crippen molar-refractivity contribution in [2.45, 2.75) is 6.92 Å². The van der Waals surface area contributed by atoms with Crippen molar-refractivity contribution in [1.29, 1.82) is 0 Å². The van der Waals surface area contributed by atoms with E-state index in [4.69, 9.17) is 4.74 Å². The van der Waals surface area contributed by atoms with Gasteiger partial charge in [-0.2, -0.15) is 0 Å². The predicted molar refractivity (Wildman–Crippen MR) is 96.6 cm³/mol. The number of amidine groups is 1. The second-order valence-electron chi connectivity index (χ2n) is 5.22. The van der Waals surface area contributed by atoms with Crippen LogP contribution in [0.2, 0.25) is 0 Å². The number of aromatic hydroxyl groups is 1. The first kappa shape index (κ1) is 16.1.